The Balaban J connectivity index is 2.17. The van der Waals surface area contributed by atoms with Gasteiger partial charge in [-0.05, 0) is 19.3 Å². The minimum atomic E-state index is 0.0891. The molecule has 2 rings (SSSR count). The summed E-state index contributed by atoms with van der Waals surface area (Å²) in [7, 11) is 0. The molecule has 3 nitrogen and oxygen atoms in total. The van der Waals surface area contributed by atoms with Gasteiger partial charge < -0.3 is 9.64 Å². The number of carbonyl (C=O) groups excluding carboxylic acids is 1. The van der Waals surface area contributed by atoms with Crippen LogP contribution in [0, 0.1) is 0 Å². The summed E-state index contributed by atoms with van der Waals surface area (Å²) in [6.07, 6.45) is 3.31. The molecule has 0 saturated carbocycles. The van der Waals surface area contributed by atoms with Crippen molar-refractivity contribution in [2.24, 2.45) is 0 Å². The summed E-state index contributed by atoms with van der Waals surface area (Å²) in [5.41, 5.74) is 0.0891. The minimum absolute atomic E-state index is 0.0891. The lowest BCUT2D eigenvalue weighted by Gasteiger charge is -2.32. The highest BCUT2D eigenvalue weighted by molar-refractivity contribution is 5.74. The second-order valence-electron chi connectivity index (χ2n) is 3.80. The van der Waals surface area contributed by atoms with Gasteiger partial charge in [0.2, 0.25) is 5.91 Å². The van der Waals surface area contributed by atoms with Crippen molar-refractivity contribution in [2.45, 2.75) is 31.7 Å². The molecule has 2 heterocycles. The average molecular weight is 169 g/mol. The number of rotatable bonds is 0. The zero-order valence-corrected chi connectivity index (χ0v) is 7.51. The van der Waals surface area contributed by atoms with Gasteiger partial charge in [-0.1, -0.05) is 0 Å². The van der Waals surface area contributed by atoms with Crippen molar-refractivity contribution in [3.05, 3.63) is 0 Å². The van der Waals surface area contributed by atoms with Crippen LogP contribution in [0.15, 0.2) is 0 Å². The van der Waals surface area contributed by atoms with E-state index in [-0.39, 0.29) is 11.4 Å². The van der Waals surface area contributed by atoms with E-state index in [4.69, 9.17) is 4.74 Å². The van der Waals surface area contributed by atoms with Crippen LogP contribution in [0.5, 0.6) is 0 Å². The third-order valence-electron chi connectivity index (χ3n) is 3.06. The second kappa shape index (κ2) is 2.73. The standard InChI is InChI=1S/C9H15NO2/c1-8(11)10-5-2-3-9(10)4-6-12-7-9/h2-7H2,1H3. The SMILES string of the molecule is CC(=O)N1CCCC12CCOC2. The van der Waals surface area contributed by atoms with E-state index in [1.165, 1.54) is 0 Å². The van der Waals surface area contributed by atoms with Gasteiger partial charge in [0.15, 0.2) is 0 Å². The fraction of sp³-hybridized carbons (Fsp3) is 0.889. The first-order chi connectivity index (χ1) is 5.75. The Morgan fingerprint density at radius 1 is 1.50 bits per heavy atom. The van der Waals surface area contributed by atoms with Crippen LogP contribution in [0.25, 0.3) is 0 Å². The van der Waals surface area contributed by atoms with Gasteiger partial charge in [-0.25, -0.2) is 0 Å². The van der Waals surface area contributed by atoms with Crippen molar-refractivity contribution in [3.8, 4) is 0 Å². The van der Waals surface area contributed by atoms with E-state index in [0.717, 1.165) is 39.0 Å². The molecule has 2 aliphatic heterocycles. The zero-order chi connectivity index (χ0) is 8.60. The lowest BCUT2D eigenvalue weighted by Crippen LogP contribution is -2.46. The van der Waals surface area contributed by atoms with E-state index in [2.05, 4.69) is 0 Å². The molecule has 0 aromatic carbocycles. The highest BCUT2D eigenvalue weighted by atomic mass is 16.5. The van der Waals surface area contributed by atoms with E-state index < -0.39 is 0 Å². The molecular weight excluding hydrogens is 154 g/mol. The summed E-state index contributed by atoms with van der Waals surface area (Å²) in [6.45, 7) is 4.17. The Labute approximate surface area is 72.7 Å². The molecular formula is C9H15NO2. The van der Waals surface area contributed by atoms with Crippen molar-refractivity contribution in [2.75, 3.05) is 19.8 Å². The molecule has 0 bridgehead atoms. The number of nitrogens with zero attached hydrogens (tertiary/aromatic N) is 1. The summed E-state index contributed by atoms with van der Waals surface area (Å²) < 4.78 is 5.37. The van der Waals surface area contributed by atoms with Crippen LogP contribution in [0.1, 0.15) is 26.2 Å². The zero-order valence-electron chi connectivity index (χ0n) is 7.51. The molecule has 1 atom stereocenters. The molecule has 12 heavy (non-hydrogen) atoms. The quantitative estimate of drug-likeness (QED) is 0.536. The first-order valence-corrected chi connectivity index (χ1v) is 4.61. The van der Waals surface area contributed by atoms with Gasteiger partial charge in [0, 0.05) is 20.1 Å². The first-order valence-electron chi connectivity index (χ1n) is 4.61. The van der Waals surface area contributed by atoms with E-state index in [1.54, 1.807) is 6.92 Å². The molecule has 1 unspecified atom stereocenters. The van der Waals surface area contributed by atoms with Crippen LogP contribution >= 0.6 is 0 Å². The van der Waals surface area contributed by atoms with Crippen LogP contribution < -0.4 is 0 Å². The van der Waals surface area contributed by atoms with Crippen LogP contribution in [0.3, 0.4) is 0 Å². The van der Waals surface area contributed by atoms with E-state index in [9.17, 15) is 4.79 Å². The Kier molecular flexibility index (Phi) is 1.83. The lowest BCUT2D eigenvalue weighted by molar-refractivity contribution is -0.132. The minimum Gasteiger partial charge on any atom is -0.379 e. The number of ether oxygens (including phenoxy) is 1. The van der Waals surface area contributed by atoms with Crippen molar-refractivity contribution in [3.63, 3.8) is 0 Å². The molecule has 1 amide bonds. The van der Waals surface area contributed by atoms with Crippen LogP contribution in [0.4, 0.5) is 0 Å². The lowest BCUT2D eigenvalue weighted by atomic mass is 9.95. The average Bonchev–Trinajstić information content (AvgIpc) is 2.61. The fourth-order valence-electron chi connectivity index (χ4n) is 2.44. The van der Waals surface area contributed by atoms with Gasteiger partial charge in [0.1, 0.15) is 0 Å². The topological polar surface area (TPSA) is 29.5 Å². The van der Waals surface area contributed by atoms with Gasteiger partial charge in [-0.2, -0.15) is 0 Å². The van der Waals surface area contributed by atoms with E-state index in [1.807, 2.05) is 4.90 Å². The van der Waals surface area contributed by atoms with Gasteiger partial charge in [-0.15, -0.1) is 0 Å². The largest absolute Gasteiger partial charge is 0.379 e. The Hall–Kier alpha value is -0.570. The Morgan fingerprint density at radius 3 is 2.92 bits per heavy atom. The predicted molar refractivity (Wildman–Crippen MR) is 44.8 cm³/mol. The molecule has 0 radical (unpaired) electrons. The third-order valence-corrected chi connectivity index (χ3v) is 3.06. The van der Waals surface area contributed by atoms with Gasteiger partial charge in [0.25, 0.3) is 0 Å². The smallest absolute Gasteiger partial charge is 0.219 e. The van der Waals surface area contributed by atoms with Crippen LogP contribution in [0.2, 0.25) is 0 Å². The maximum atomic E-state index is 11.3. The second-order valence-corrected chi connectivity index (χ2v) is 3.80. The summed E-state index contributed by atoms with van der Waals surface area (Å²) >= 11 is 0. The van der Waals surface area contributed by atoms with E-state index >= 15 is 0 Å². The number of likely N-dealkylation sites (tertiary alicyclic amines) is 1. The molecule has 1 spiro atoms. The highest BCUT2D eigenvalue weighted by Crippen LogP contribution is 2.36. The van der Waals surface area contributed by atoms with Crippen LogP contribution in [-0.2, 0) is 9.53 Å². The number of amides is 1. The van der Waals surface area contributed by atoms with Crippen LogP contribution in [-0.4, -0.2) is 36.1 Å². The molecule has 2 fully saturated rings. The summed E-state index contributed by atoms with van der Waals surface area (Å²) in [5, 5.41) is 0. The summed E-state index contributed by atoms with van der Waals surface area (Å²) in [5.74, 6) is 0.206. The fourth-order valence-corrected chi connectivity index (χ4v) is 2.44. The molecule has 2 saturated heterocycles. The van der Waals surface area contributed by atoms with Crippen molar-refractivity contribution < 1.29 is 9.53 Å². The molecule has 0 aromatic rings. The number of hydrogen-bond donors (Lipinski definition) is 0. The predicted octanol–water partition coefficient (Wildman–Crippen LogP) is 0.788. The molecule has 0 aromatic heterocycles. The Morgan fingerprint density at radius 2 is 2.33 bits per heavy atom. The maximum Gasteiger partial charge on any atom is 0.219 e. The number of carbonyl (C=O) groups is 1. The highest BCUT2D eigenvalue weighted by Gasteiger charge is 2.45. The summed E-state index contributed by atoms with van der Waals surface area (Å²) in [6, 6.07) is 0. The molecule has 0 N–H and O–H groups in total. The molecule has 3 heteroatoms. The molecule has 68 valence electrons. The van der Waals surface area contributed by atoms with Gasteiger partial charge in [0.05, 0.1) is 12.1 Å². The first kappa shape index (κ1) is 8.05. The van der Waals surface area contributed by atoms with E-state index in [0.29, 0.717) is 0 Å². The van der Waals surface area contributed by atoms with Crippen molar-refractivity contribution >= 4 is 5.91 Å². The van der Waals surface area contributed by atoms with Crippen molar-refractivity contribution in [1.82, 2.24) is 4.90 Å². The third kappa shape index (κ3) is 1.04. The number of hydrogen-bond acceptors (Lipinski definition) is 2. The van der Waals surface area contributed by atoms with Gasteiger partial charge in [-0.3, -0.25) is 4.79 Å². The normalized spacial score (nSPS) is 34.9. The summed E-state index contributed by atoms with van der Waals surface area (Å²) in [4.78, 5) is 13.3. The van der Waals surface area contributed by atoms with Crippen molar-refractivity contribution in [1.29, 1.82) is 0 Å². The van der Waals surface area contributed by atoms with Gasteiger partial charge >= 0.3 is 0 Å². The molecule has 2 aliphatic rings. The monoisotopic (exact) mass is 169 g/mol. The molecule has 0 aliphatic carbocycles. The maximum absolute atomic E-state index is 11.3. The Bertz CT molecular complexity index is 191.